The van der Waals surface area contributed by atoms with Gasteiger partial charge < -0.3 is 15.0 Å². The molecule has 0 fully saturated rings. The van der Waals surface area contributed by atoms with Gasteiger partial charge in [-0.2, -0.15) is 4.98 Å². The molecule has 6 nitrogen and oxygen atoms in total. The summed E-state index contributed by atoms with van der Waals surface area (Å²) in [4.78, 5) is 15.2. The van der Waals surface area contributed by atoms with Crippen LogP contribution in [0.5, 0.6) is 0 Å². The summed E-state index contributed by atoms with van der Waals surface area (Å²) >= 11 is 0. The van der Waals surface area contributed by atoms with Crippen LogP contribution in [0.4, 0.5) is 0 Å². The number of ether oxygens (including phenoxy) is 1. The van der Waals surface area contributed by atoms with E-state index in [4.69, 9.17) is 15.0 Å². The van der Waals surface area contributed by atoms with Crippen LogP contribution in [0.1, 0.15) is 36.8 Å². The van der Waals surface area contributed by atoms with Gasteiger partial charge in [-0.05, 0) is 24.5 Å². The zero-order valence-electron chi connectivity index (χ0n) is 9.60. The lowest BCUT2D eigenvalue weighted by Crippen LogP contribution is -2.16. The van der Waals surface area contributed by atoms with Crippen LogP contribution in [0.25, 0.3) is 0 Å². The van der Waals surface area contributed by atoms with Gasteiger partial charge in [0.2, 0.25) is 5.89 Å². The van der Waals surface area contributed by atoms with Crippen molar-refractivity contribution in [3.8, 4) is 0 Å². The topological polar surface area (TPSA) is 91.2 Å². The largest absolute Gasteiger partial charge is 0.460 e. The third-order valence-electron chi connectivity index (χ3n) is 2.30. The van der Waals surface area contributed by atoms with Crippen molar-refractivity contribution in [3.63, 3.8) is 0 Å². The molecule has 0 spiro atoms. The Morgan fingerprint density at radius 1 is 1.56 bits per heavy atom. The van der Waals surface area contributed by atoms with Gasteiger partial charge in [0.25, 0.3) is 5.82 Å². The molecule has 0 saturated carbocycles. The molecule has 0 bridgehead atoms. The zero-order chi connectivity index (χ0) is 12.0. The van der Waals surface area contributed by atoms with Crippen molar-refractivity contribution in [3.05, 3.63) is 11.7 Å². The molecule has 0 aromatic carbocycles. The maximum atomic E-state index is 11.3. The van der Waals surface area contributed by atoms with Crippen LogP contribution in [0, 0.1) is 5.92 Å². The van der Waals surface area contributed by atoms with Crippen molar-refractivity contribution in [2.75, 3.05) is 13.2 Å². The lowest BCUT2D eigenvalue weighted by atomic mass is 10.0. The van der Waals surface area contributed by atoms with E-state index in [1.165, 1.54) is 0 Å². The minimum Gasteiger partial charge on any atom is -0.460 e. The van der Waals surface area contributed by atoms with Crippen LogP contribution in [0.2, 0.25) is 0 Å². The van der Waals surface area contributed by atoms with Crippen molar-refractivity contribution in [2.24, 2.45) is 11.7 Å². The Kier molecular flexibility index (Phi) is 4.91. The molecule has 0 radical (unpaired) electrons. The van der Waals surface area contributed by atoms with E-state index in [0.717, 1.165) is 6.42 Å². The van der Waals surface area contributed by atoms with Gasteiger partial charge in [0.15, 0.2) is 0 Å². The highest BCUT2D eigenvalue weighted by Crippen LogP contribution is 2.09. The molecule has 0 amide bonds. The summed E-state index contributed by atoms with van der Waals surface area (Å²) < 4.78 is 9.70. The van der Waals surface area contributed by atoms with E-state index >= 15 is 0 Å². The Balaban J connectivity index is 2.60. The molecule has 0 aliphatic rings. The fourth-order valence-corrected chi connectivity index (χ4v) is 1.26. The third kappa shape index (κ3) is 3.30. The molecule has 1 unspecified atom stereocenters. The quantitative estimate of drug-likeness (QED) is 0.722. The maximum Gasteiger partial charge on any atom is 0.379 e. The molecule has 1 heterocycles. The Labute approximate surface area is 94.2 Å². The first-order valence-corrected chi connectivity index (χ1v) is 5.41. The Hall–Kier alpha value is -1.43. The van der Waals surface area contributed by atoms with Gasteiger partial charge >= 0.3 is 5.97 Å². The summed E-state index contributed by atoms with van der Waals surface area (Å²) in [5.41, 5.74) is 5.56. The molecule has 90 valence electrons. The van der Waals surface area contributed by atoms with E-state index in [1.807, 2.05) is 6.92 Å². The number of hydrogen-bond donors (Lipinski definition) is 1. The smallest absolute Gasteiger partial charge is 0.379 e. The van der Waals surface area contributed by atoms with E-state index in [1.54, 1.807) is 6.92 Å². The first kappa shape index (κ1) is 12.6. The average molecular weight is 227 g/mol. The van der Waals surface area contributed by atoms with E-state index in [-0.39, 0.29) is 5.82 Å². The molecule has 0 aliphatic carbocycles. The highest BCUT2D eigenvalue weighted by Gasteiger charge is 2.17. The summed E-state index contributed by atoms with van der Waals surface area (Å²) in [6.45, 7) is 4.62. The minimum absolute atomic E-state index is 0.0243. The van der Waals surface area contributed by atoms with E-state index in [0.29, 0.717) is 31.4 Å². The summed E-state index contributed by atoms with van der Waals surface area (Å²) in [5, 5.41) is 3.55. The van der Waals surface area contributed by atoms with Gasteiger partial charge in [0.05, 0.1) is 6.61 Å². The second-order valence-electron chi connectivity index (χ2n) is 3.45. The number of esters is 1. The summed E-state index contributed by atoms with van der Waals surface area (Å²) in [5.74, 6) is 0.151. The first-order chi connectivity index (χ1) is 7.71. The van der Waals surface area contributed by atoms with Crippen LogP contribution < -0.4 is 5.73 Å². The van der Waals surface area contributed by atoms with Gasteiger partial charge in [-0.25, -0.2) is 4.79 Å². The Bertz CT molecular complexity index is 334. The third-order valence-corrected chi connectivity index (χ3v) is 2.30. The molecule has 1 aromatic heterocycles. The van der Waals surface area contributed by atoms with Gasteiger partial charge in [0.1, 0.15) is 0 Å². The number of hydrogen-bond acceptors (Lipinski definition) is 6. The highest BCUT2D eigenvalue weighted by molar-refractivity contribution is 5.84. The van der Waals surface area contributed by atoms with Gasteiger partial charge in [-0.1, -0.05) is 13.3 Å². The average Bonchev–Trinajstić information content (AvgIpc) is 2.74. The van der Waals surface area contributed by atoms with E-state index < -0.39 is 5.97 Å². The number of carbonyl (C=O) groups is 1. The fourth-order valence-electron chi connectivity index (χ4n) is 1.26. The predicted octanol–water partition coefficient (Wildman–Crippen LogP) is 0.774. The van der Waals surface area contributed by atoms with Gasteiger partial charge in [-0.15, -0.1) is 0 Å². The van der Waals surface area contributed by atoms with E-state index in [9.17, 15) is 4.79 Å². The van der Waals surface area contributed by atoms with Crippen molar-refractivity contribution in [2.45, 2.75) is 26.7 Å². The van der Waals surface area contributed by atoms with Gasteiger partial charge in [0, 0.05) is 6.42 Å². The van der Waals surface area contributed by atoms with Crippen LogP contribution in [-0.4, -0.2) is 29.3 Å². The Morgan fingerprint density at radius 3 is 2.88 bits per heavy atom. The zero-order valence-corrected chi connectivity index (χ0v) is 9.60. The molecule has 1 atom stereocenters. The fraction of sp³-hybridized carbons (Fsp3) is 0.700. The normalized spacial score (nSPS) is 12.4. The second kappa shape index (κ2) is 6.22. The second-order valence-corrected chi connectivity index (χ2v) is 3.45. The standard InChI is InChI=1S/C10H17N3O3/c1-3-7(6-11)5-8-12-9(13-16-8)10(14)15-4-2/h7H,3-6,11H2,1-2H3. The molecule has 6 heteroatoms. The molecular formula is C10H17N3O3. The molecule has 16 heavy (non-hydrogen) atoms. The van der Waals surface area contributed by atoms with Crippen molar-refractivity contribution >= 4 is 5.97 Å². The molecule has 0 aliphatic heterocycles. The molecule has 0 saturated heterocycles. The van der Waals surface area contributed by atoms with Crippen LogP contribution in [-0.2, 0) is 11.2 Å². The summed E-state index contributed by atoms with van der Waals surface area (Å²) in [6.07, 6.45) is 1.53. The Morgan fingerprint density at radius 2 is 2.31 bits per heavy atom. The van der Waals surface area contributed by atoms with Crippen LogP contribution in [0.3, 0.4) is 0 Å². The number of nitrogens with zero attached hydrogens (tertiary/aromatic N) is 2. The van der Waals surface area contributed by atoms with Crippen LogP contribution in [0.15, 0.2) is 4.52 Å². The number of nitrogens with two attached hydrogens (primary N) is 1. The molecule has 1 rings (SSSR count). The molecular weight excluding hydrogens is 210 g/mol. The first-order valence-electron chi connectivity index (χ1n) is 5.41. The van der Waals surface area contributed by atoms with Crippen LogP contribution >= 0.6 is 0 Å². The number of rotatable bonds is 6. The highest BCUT2D eigenvalue weighted by atomic mass is 16.5. The minimum atomic E-state index is -0.557. The number of carbonyl (C=O) groups excluding carboxylic acids is 1. The monoisotopic (exact) mass is 227 g/mol. The summed E-state index contributed by atoms with van der Waals surface area (Å²) in [6, 6.07) is 0. The van der Waals surface area contributed by atoms with Crippen molar-refractivity contribution in [1.29, 1.82) is 0 Å². The lowest BCUT2D eigenvalue weighted by molar-refractivity contribution is 0.0508. The lowest BCUT2D eigenvalue weighted by Gasteiger charge is -2.07. The number of aromatic nitrogens is 2. The maximum absolute atomic E-state index is 11.3. The SMILES string of the molecule is CCOC(=O)c1noc(CC(CC)CN)n1. The molecule has 1 aromatic rings. The predicted molar refractivity (Wildman–Crippen MR) is 56.8 cm³/mol. The molecule has 2 N–H and O–H groups in total. The van der Waals surface area contributed by atoms with Gasteiger partial charge in [-0.3, -0.25) is 0 Å². The van der Waals surface area contributed by atoms with Crippen molar-refractivity contribution < 1.29 is 14.1 Å². The summed E-state index contributed by atoms with van der Waals surface area (Å²) in [7, 11) is 0. The van der Waals surface area contributed by atoms with E-state index in [2.05, 4.69) is 10.1 Å². The van der Waals surface area contributed by atoms with Crippen molar-refractivity contribution in [1.82, 2.24) is 10.1 Å².